The molecule has 0 spiro atoms. The second-order valence-corrected chi connectivity index (χ2v) is 7.65. The number of piperidine rings is 1. The fraction of sp³-hybridized carbons (Fsp3) is 0.850. The van der Waals surface area contributed by atoms with E-state index in [0.29, 0.717) is 12.2 Å². The molecule has 1 N–H and O–H groups in total. The summed E-state index contributed by atoms with van der Waals surface area (Å²) in [6, 6.07) is 0. The van der Waals surface area contributed by atoms with Gasteiger partial charge in [-0.25, -0.2) is 0 Å². The predicted octanol–water partition coefficient (Wildman–Crippen LogP) is 2.07. The molecule has 0 amide bonds. The third-order valence-corrected chi connectivity index (χ3v) is 5.42. The Bertz CT molecular complexity index is 551. The lowest BCUT2D eigenvalue weighted by Crippen LogP contribution is -2.47. The highest BCUT2D eigenvalue weighted by atomic mass is 16.5. The molecular formula is C20H36N6O2. The summed E-state index contributed by atoms with van der Waals surface area (Å²) in [6.45, 7) is 8.48. The van der Waals surface area contributed by atoms with E-state index in [0.717, 1.165) is 84.0 Å². The van der Waals surface area contributed by atoms with Crippen molar-refractivity contribution in [3.8, 4) is 0 Å². The second-order valence-electron chi connectivity index (χ2n) is 7.65. The Kier molecular flexibility index (Phi) is 9.03. The van der Waals surface area contributed by atoms with E-state index in [2.05, 4.69) is 27.3 Å². The van der Waals surface area contributed by atoms with Crippen molar-refractivity contribution >= 4 is 5.96 Å². The second kappa shape index (κ2) is 12.0. The van der Waals surface area contributed by atoms with Gasteiger partial charge < -0.3 is 24.3 Å². The molecule has 158 valence electrons. The van der Waals surface area contributed by atoms with Gasteiger partial charge in [0.2, 0.25) is 0 Å². The Morgan fingerprint density at radius 1 is 1.18 bits per heavy atom. The van der Waals surface area contributed by atoms with Crippen LogP contribution in [0.2, 0.25) is 0 Å². The van der Waals surface area contributed by atoms with Gasteiger partial charge >= 0.3 is 0 Å². The molecular weight excluding hydrogens is 356 g/mol. The van der Waals surface area contributed by atoms with Crippen LogP contribution in [0.3, 0.4) is 0 Å². The molecule has 0 aliphatic carbocycles. The van der Waals surface area contributed by atoms with E-state index in [1.165, 1.54) is 12.8 Å². The van der Waals surface area contributed by atoms with Gasteiger partial charge in [-0.15, -0.1) is 10.2 Å². The van der Waals surface area contributed by atoms with Crippen molar-refractivity contribution in [2.24, 2.45) is 4.99 Å². The maximum atomic E-state index is 6.13. The number of unbranched alkanes of at least 4 members (excludes halogenated alkanes) is 1. The molecule has 0 aromatic carbocycles. The van der Waals surface area contributed by atoms with Gasteiger partial charge in [-0.3, -0.25) is 4.99 Å². The van der Waals surface area contributed by atoms with Crippen molar-refractivity contribution in [3.63, 3.8) is 0 Å². The van der Waals surface area contributed by atoms with E-state index in [9.17, 15) is 0 Å². The van der Waals surface area contributed by atoms with Gasteiger partial charge in [0.15, 0.2) is 5.96 Å². The van der Waals surface area contributed by atoms with Crippen LogP contribution in [0.15, 0.2) is 17.6 Å². The molecule has 3 rings (SSSR count). The summed E-state index contributed by atoms with van der Waals surface area (Å²) in [5, 5.41) is 11.1. The third kappa shape index (κ3) is 7.05. The fourth-order valence-electron chi connectivity index (χ4n) is 3.77. The lowest BCUT2D eigenvalue weighted by atomic mass is 10.1. The average Bonchev–Trinajstić information content (AvgIpc) is 3.26. The van der Waals surface area contributed by atoms with Crippen LogP contribution >= 0.6 is 0 Å². The van der Waals surface area contributed by atoms with Crippen molar-refractivity contribution in [1.29, 1.82) is 0 Å². The number of hydrogen-bond donors (Lipinski definition) is 1. The molecule has 2 saturated heterocycles. The zero-order valence-corrected chi connectivity index (χ0v) is 17.3. The number of aliphatic imine (C=N–C) groups is 1. The summed E-state index contributed by atoms with van der Waals surface area (Å²) in [5.74, 6) is 1.04. The summed E-state index contributed by atoms with van der Waals surface area (Å²) < 4.78 is 13.9. The molecule has 1 unspecified atom stereocenters. The van der Waals surface area contributed by atoms with Crippen molar-refractivity contribution in [3.05, 3.63) is 12.7 Å². The first-order chi connectivity index (χ1) is 13.8. The van der Waals surface area contributed by atoms with Crippen molar-refractivity contribution in [2.45, 2.75) is 70.6 Å². The summed E-state index contributed by atoms with van der Waals surface area (Å²) in [6.07, 6.45) is 12.1. The Morgan fingerprint density at radius 3 is 2.71 bits per heavy atom. The molecule has 8 nitrogen and oxygen atoms in total. The molecule has 8 heteroatoms. The van der Waals surface area contributed by atoms with E-state index in [-0.39, 0.29) is 0 Å². The molecule has 3 heterocycles. The number of aryl methyl sites for hydroxylation is 1. The van der Waals surface area contributed by atoms with Crippen LogP contribution in [0.1, 0.15) is 51.9 Å². The SMILES string of the molecule is CCNC(=NCCCCn1cnnc1)N1CCC(OCC2CCCCO2)CC1. The minimum absolute atomic E-state index is 0.309. The van der Waals surface area contributed by atoms with Crippen molar-refractivity contribution in [2.75, 3.05) is 39.4 Å². The standard InChI is InChI=1S/C20H36N6O2/c1-2-21-20(22-10-4-5-11-25-16-23-24-17-25)26-12-8-18(9-13-26)28-15-19-7-3-6-14-27-19/h16-19H,2-15H2,1H3,(H,21,22). The molecule has 2 fully saturated rings. The number of likely N-dealkylation sites (tertiary alicyclic amines) is 1. The lowest BCUT2D eigenvalue weighted by Gasteiger charge is -2.35. The van der Waals surface area contributed by atoms with Crippen LogP contribution in [-0.2, 0) is 16.0 Å². The highest BCUT2D eigenvalue weighted by Crippen LogP contribution is 2.18. The highest BCUT2D eigenvalue weighted by Gasteiger charge is 2.23. The Hall–Kier alpha value is -1.67. The smallest absolute Gasteiger partial charge is 0.193 e. The number of nitrogens with zero attached hydrogens (tertiary/aromatic N) is 5. The van der Waals surface area contributed by atoms with E-state index < -0.39 is 0 Å². The van der Waals surface area contributed by atoms with Gasteiger partial charge in [0.05, 0.1) is 18.8 Å². The quantitative estimate of drug-likeness (QED) is 0.394. The molecule has 1 aromatic rings. The fourth-order valence-corrected chi connectivity index (χ4v) is 3.77. The van der Waals surface area contributed by atoms with Gasteiger partial charge in [-0.05, 0) is 51.9 Å². The topological polar surface area (TPSA) is 76.8 Å². The summed E-state index contributed by atoms with van der Waals surface area (Å²) in [7, 11) is 0. The Labute approximate surface area is 168 Å². The molecule has 0 saturated carbocycles. The van der Waals surface area contributed by atoms with E-state index in [1.807, 2.05) is 4.57 Å². The maximum absolute atomic E-state index is 6.13. The molecule has 28 heavy (non-hydrogen) atoms. The minimum atomic E-state index is 0.309. The van der Waals surface area contributed by atoms with Crippen LogP contribution in [-0.4, -0.2) is 77.2 Å². The number of hydrogen-bond acceptors (Lipinski definition) is 5. The van der Waals surface area contributed by atoms with Crippen LogP contribution < -0.4 is 5.32 Å². The highest BCUT2D eigenvalue weighted by molar-refractivity contribution is 5.80. The van der Waals surface area contributed by atoms with Crippen LogP contribution in [0, 0.1) is 0 Å². The normalized spacial score (nSPS) is 21.8. The largest absolute Gasteiger partial charge is 0.376 e. The number of guanidine groups is 1. The molecule has 1 aromatic heterocycles. The van der Waals surface area contributed by atoms with E-state index >= 15 is 0 Å². The number of rotatable bonds is 9. The third-order valence-electron chi connectivity index (χ3n) is 5.42. The van der Waals surface area contributed by atoms with Gasteiger partial charge in [-0.1, -0.05) is 0 Å². The van der Waals surface area contributed by atoms with E-state index in [4.69, 9.17) is 14.5 Å². The molecule has 2 aliphatic rings. The summed E-state index contributed by atoms with van der Waals surface area (Å²) >= 11 is 0. The van der Waals surface area contributed by atoms with Gasteiger partial charge in [0, 0.05) is 39.3 Å². The zero-order chi connectivity index (χ0) is 19.4. The Balaban J connectivity index is 1.34. The number of ether oxygens (including phenoxy) is 2. The zero-order valence-electron chi connectivity index (χ0n) is 17.3. The Morgan fingerprint density at radius 2 is 2.00 bits per heavy atom. The molecule has 2 aliphatic heterocycles. The first-order valence-corrected chi connectivity index (χ1v) is 10.9. The summed E-state index contributed by atoms with van der Waals surface area (Å²) in [5.41, 5.74) is 0. The number of nitrogens with one attached hydrogen (secondary N) is 1. The van der Waals surface area contributed by atoms with Gasteiger partial charge in [0.25, 0.3) is 0 Å². The minimum Gasteiger partial charge on any atom is -0.376 e. The molecule has 1 atom stereocenters. The first-order valence-electron chi connectivity index (χ1n) is 10.9. The monoisotopic (exact) mass is 392 g/mol. The van der Waals surface area contributed by atoms with Crippen molar-refractivity contribution in [1.82, 2.24) is 25.0 Å². The van der Waals surface area contributed by atoms with Gasteiger partial charge in [-0.2, -0.15) is 0 Å². The lowest BCUT2D eigenvalue weighted by molar-refractivity contribution is -0.0721. The van der Waals surface area contributed by atoms with Crippen LogP contribution in [0.4, 0.5) is 0 Å². The summed E-state index contributed by atoms with van der Waals surface area (Å²) in [4.78, 5) is 7.21. The first kappa shape index (κ1) is 21.0. The van der Waals surface area contributed by atoms with E-state index in [1.54, 1.807) is 12.7 Å². The van der Waals surface area contributed by atoms with Crippen LogP contribution in [0.5, 0.6) is 0 Å². The van der Waals surface area contributed by atoms with Gasteiger partial charge in [0.1, 0.15) is 12.7 Å². The molecule has 0 bridgehead atoms. The maximum Gasteiger partial charge on any atom is 0.193 e. The molecule has 0 radical (unpaired) electrons. The van der Waals surface area contributed by atoms with Crippen molar-refractivity contribution < 1.29 is 9.47 Å². The predicted molar refractivity (Wildman–Crippen MR) is 109 cm³/mol. The number of aromatic nitrogens is 3. The average molecular weight is 393 g/mol. The van der Waals surface area contributed by atoms with Crippen LogP contribution in [0.25, 0.3) is 0 Å².